The molecule has 0 spiro atoms. The first-order valence-electron chi connectivity index (χ1n) is 11.1. The maximum atomic E-state index is 12.7. The number of nitrogens with zero attached hydrogens (tertiary/aromatic N) is 3. The second-order valence-electron chi connectivity index (χ2n) is 7.79. The van der Waals surface area contributed by atoms with E-state index in [0.29, 0.717) is 15.7 Å². The number of thioether (sulfide) groups is 1. The van der Waals surface area contributed by atoms with Gasteiger partial charge in [0.15, 0.2) is 5.13 Å². The SMILES string of the molecule is COc1ccc(-c2ccc(C#N)c(SCC(=O)Nc3nc(-c4cccc5ccccc45)cs3)n2)cc1. The number of benzene rings is 3. The molecule has 2 heterocycles. The number of anilines is 1. The van der Waals surface area contributed by atoms with Gasteiger partial charge in [0.1, 0.15) is 16.8 Å². The minimum Gasteiger partial charge on any atom is -0.497 e. The van der Waals surface area contributed by atoms with Crippen LogP contribution in [0.15, 0.2) is 89.3 Å². The summed E-state index contributed by atoms with van der Waals surface area (Å²) < 4.78 is 5.21. The van der Waals surface area contributed by atoms with Crippen molar-refractivity contribution < 1.29 is 9.53 Å². The van der Waals surface area contributed by atoms with Crippen molar-refractivity contribution >= 4 is 44.9 Å². The highest BCUT2D eigenvalue weighted by Gasteiger charge is 2.13. The van der Waals surface area contributed by atoms with Crippen LogP contribution in [0.25, 0.3) is 33.3 Å². The molecule has 5 aromatic rings. The van der Waals surface area contributed by atoms with E-state index in [2.05, 4.69) is 39.6 Å². The molecule has 0 aliphatic rings. The molecular weight excluding hydrogens is 488 g/mol. The Kier molecular flexibility index (Phi) is 6.94. The third-order valence-electron chi connectivity index (χ3n) is 5.52. The predicted octanol–water partition coefficient (Wildman–Crippen LogP) is 6.64. The van der Waals surface area contributed by atoms with Crippen molar-refractivity contribution in [2.45, 2.75) is 5.03 Å². The lowest BCUT2D eigenvalue weighted by molar-refractivity contribution is -0.113. The normalized spacial score (nSPS) is 10.7. The Balaban J connectivity index is 1.28. The number of hydrogen-bond donors (Lipinski definition) is 1. The molecule has 176 valence electrons. The van der Waals surface area contributed by atoms with E-state index >= 15 is 0 Å². The maximum Gasteiger partial charge on any atom is 0.236 e. The Morgan fingerprint density at radius 1 is 1.00 bits per heavy atom. The topological polar surface area (TPSA) is 87.9 Å². The van der Waals surface area contributed by atoms with Gasteiger partial charge in [-0.1, -0.05) is 54.2 Å². The number of ether oxygens (including phenoxy) is 1. The average Bonchev–Trinajstić information content (AvgIpc) is 3.39. The molecule has 0 fully saturated rings. The fourth-order valence-corrected chi connectivity index (χ4v) is 5.25. The highest BCUT2D eigenvalue weighted by Crippen LogP contribution is 2.31. The van der Waals surface area contributed by atoms with Crippen molar-refractivity contribution in [1.29, 1.82) is 5.26 Å². The second kappa shape index (κ2) is 10.6. The zero-order chi connectivity index (χ0) is 24.9. The van der Waals surface area contributed by atoms with Crippen LogP contribution in [0, 0.1) is 11.3 Å². The van der Waals surface area contributed by atoms with E-state index in [4.69, 9.17) is 4.74 Å². The third-order valence-corrected chi connectivity index (χ3v) is 7.27. The monoisotopic (exact) mass is 508 g/mol. The van der Waals surface area contributed by atoms with Gasteiger partial charge in [0.05, 0.1) is 29.8 Å². The lowest BCUT2D eigenvalue weighted by atomic mass is 10.0. The molecule has 3 aromatic carbocycles. The molecule has 0 unspecified atom stereocenters. The molecule has 5 rings (SSSR count). The first-order valence-corrected chi connectivity index (χ1v) is 12.9. The molecule has 0 saturated carbocycles. The smallest absolute Gasteiger partial charge is 0.236 e. The first kappa shape index (κ1) is 23.5. The van der Waals surface area contributed by atoms with Gasteiger partial charge in [-0.25, -0.2) is 9.97 Å². The zero-order valence-electron chi connectivity index (χ0n) is 19.3. The number of aromatic nitrogens is 2. The lowest BCUT2D eigenvalue weighted by Gasteiger charge is -2.07. The average molecular weight is 509 g/mol. The van der Waals surface area contributed by atoms with Crippen LogP contribution < -0.4 is 10.1 Å². The van der Waals surface area contributed by atoms with E-state index in [1.165, 1.54) is 23.1 Å². The van der Waals surface area contributed by atoms with E-state index in [-0.39, 0.29) is 11.7 Å². The molecule has 2 aromatic heterocycles. The number of hydrogen-bond acceptors (Lipinski definition) is 7. The minimum atomic E-state index is -0.209. The summed E-state index contributed by atoms with van der Waals surface area (Å²) in [5.74, 6) is 0.653. The van der Waals surface area contributed by atoms with Gasteiger partial charge in [0.25, 0.3) is 0 Å². The summed E-state index contributed by atoms with van der Waals surface area (Å²) in [6.45, 7) is 0. The van der Waals surface area contributed by atoms with E-state index in [1.54, 1.807) is 19.2 Å². The van der Waals surface area contributed by atoms with E-state index in [1.807, 2.05) is 53.9 Å². The summed E-state index contributed by atoms with van der Waals surface area (Å²) in [6, 6.07) is 27.5. The number of amides is 1. The minimum absolute atomic E-state index is 0.108. The Bertz CT molecular complexity index is 1580. The van der Waals surface area contributed by atoms with Crippen molar-refractivity contribution in [1.82, 2.24) is 9.97 Å². The molecule has 0 aliphatic heterocycles. The number of carbonyl (C=O) groups excluding carboxylic acids is 1. The summed E-state index contributed by atoms with van der Waals surface area (Å²) in [7, 11) is 1.62. The van der Waals surface area contributed by atoms with Gasteiger partial charge < -0.3 is 10.1 Å². The van der Waals surface area contributed by atoms with Gasteiger partial charge in [-0.05, 0) is 47.2 Å². The van der Waals surface area contributed by atoms with Gasteiger partial charge in [-0.2, -0.15) is 5.26 Å². The first-order chi connectivity index (χ1) is 17.6. The molecule has 8 heteroatoms. The number of nitriles is 1. The fraction of sp³-hybridized carbons (Fsp3) is 0.0714. The van der Waals surface area contributed by atoms with Gasteiger partial charge in [-0.3, -0.25) is 4.79 Å². The molecule has 0 radical (unpaired) electrons. The molecule has 6 nitrogen and oxygen atoms in total. The van der Waals surface area contributed by atoms with E-state index < -0.39 is 0 Å². The Hall–Kier alpha value is -4.19. The molecule has 0 bridgehead atoms. The largest absolute Gasteiger partial charge is 0.497 e. The van der Waals surface area contributed by atoms with Crippen LogP contribution in [0.4, 0.5) is 5.13 Å². The molecule has 36 heavy (non-hydrogen) atoms. The van der Waals surface area contributed by atoms with Crippen LogP contribution in [0.5, 0.6) is 5.75 Å². The second-order valence-corrected chi connectivity index (χ2v) is 9.61. The van der Waals surface area contributed by atoms with Crippen LogP contribution in [-0.4, -0.2) is 28.7 Å². The molecule has 0 aliphatic carbocycles. The summed E-state index contributed by atoms with van der Waals surface area (Å²) in [4.78, 5) is 21.9. The van der Waals surface area contributed by atoms with Crippen molar-refractivity contribution in [3.05, 3.63) is 89.8 Å². The quantitative estimate of drug-likeness (QED) is 0.248. The number of carbonyl (C=O) groups is 1. The molecular formula is C28H20N4O2S2. The molecule has 1 amide bonds. The summed E-state index contributed by atoms with van der Waals surface area (Å²) in [6.07, 6.45) is 0. The Labute approximate surface area is 216 Å². The van der Waals surface area contributed by atoms with Crippen LogP contribution in [-0.2, 0) is 4.79 Å². The van der Waals surface area contributed by atoms with Gasteiger partial charge >= 0.3 is 0 Å². The van der Waals surface area contributed by atoms with Crippen LogP contribution >= 0.6 is 23.1 Å². The van der Waals surface area contributed by atoms with Crippen molar-refractivity contribution in [3.8, 4) is 34.3 Å². The fourth-order valence-electron chi connectivity index (χ4n) is 3.75. The zero-order valence-corrected chi connectivity index (χ0v) is 20.9. The summed E-state index contributed by atoms with van der Waals surface area (Å²) in [5.41, 5.74) is 3.89. The number of nitrogens with one attached hydrogen (secondary N) is 1. The van der Waals surface area contributed by atoms with E-state index in [9.17, 15) is 10.1 Å². The van der Waals surface area contributed by atoms with Crippen LogP contribution in [0.3, 0.4) is 0 Å². The van der Waals surface area contributed by atoms with Gasteiger partial charge in [0.2, 0.25) is 5.91 Å². The summed E-state index contributed by atoms with van der Waals surface area (Å²) in [5, 5.41) is 17.6. The number of thiazole rings is 1. The standard InChI is InChI=1S/C28H20N4O2S2/c1-34-21-12-9-19(10-13-21)24-14-11-20(15-29)27(30-24)35-17-26(33)32-28-31-25(16-36-28)23-8-4-6-18-5-2-3-7-22(18)23/h2-14,16H,17H2,1H3,(H,31,32,33). The maximum absolute atomic E-state index is 12.7. The number of rotatable bonds is 7. The summed E-state index contributed by atoms with van der Waals surface area (Å²) >= 11 is 2.61. The van der Waals surface area contributed by atoms with Crippen molar-refractivity contribution in [3.63, 3.8) is 0 Å². The molecule has 0 atom stereocenters. The van der Waals surface area contributed by atoms with Crippen molar-refractivity contribution in [2.75, 3.05) is 18.2 Å². The van der Waals surface area contributed by atoms with Gasteiger partial charge in [0, 0.05) is 16.5 Å². The predicted molar refractivity (Wildman–Crippen MR) is 145 cm³/mol. The molecule has 0 saturated heterocycles. The lowest BCUT2D eigenvalue weighted by Crippen LogP contribution is -2.14. The molecule has 1 N–H and O–H groups in total. The van der Waals surface area contributed by atoms with Crippen molar-refractivity contribution in [2.24, 2.45) is 0 Å². The Morgan fingerprint density at radius 2 is 1.81 bits per heavy atom. The van der Waals surface area contributed by atoms with Gasteiger partial charge in [-0.15, -0.1) is 11.3 Å². The van der Waals surface area contributed by atoms with Crippen LogP contribution in [0.1, 0.15) is 5.56 Å². The van der Waals surface area contributed by atoms with E-state index in [0.717, 1.165) is 39.0 Å². The number of fused-ring (bicyclic) bond motifs is 1. The number of methoxy groups -OCH3 is 1. The number of pyridine rings is 1. The third kappa shape index (κ3) is 5.08. The Morgan fingerprint density at radius 3 is 2.61 bits per heavy atom. The van der Waals surface area contributed by atoms with Crippen LogP contribution in [0.2, 0.25) is 0 Å². The highest BCUT2D eigenvalue weighted by molar-refractivity contribution is 8.00. The highest BCUT2D eigenvalue weighted by atomic mass is 32.2.